The third-order valence-electron chi connectivity index (χ3n) is 4.48. The molecule has 0 amide bonds. The number of pyridine rings is 1. The minimum absolute atomic E-state index is 0.534. The van der Waals surface area contributed by atoms with E-state index in [1.165, 1.54) is 0 Å². The van der Waals surface area contributed by atoms with Crippen LogP contribution >= 0.6 is 0 Å². The average molecular weight is 362 g/mol. The maximum atomic E-state index is 5.43. The van der Waals surface area contributed by atoms with E-state index in [2.05, 4.69) is 24.9 Å². The molecule has 136 valence electrons. The van der Waals surface area contributed by atoms with Crippen molar-refractivity contribution in [3.05, 3.63) is 60.9 Å². The Morgan fingerprint density at radius 3 is 2.44 bits per heavy atom. The van der Waals surface area contributed by atoms with Crippen LogP contribution in [0.15, 0.2) is 55.2 Å². The van der Waals surface area contributed by atoms with E-state index < -0.39 is 5.79 Å². The Morgan fingerprint density at radius 1 is 0.926 bits per heavy atom. The van der Waals surface area contributed by atoms with Gasteiger partial charge in [0.1, 0.15) is 5.69 Å². The summed E-state index contributed by atoms with van der Waals surface area (Å²) in [4.78, 5) is 22.0. The molecule has 0 aliphatic carbocycles. The SMILES string of the molecule is COC(C)(OC)c1ccn2c(-c3ccnc(-c4ccncc4)n3)cnc2n1. The van der Waals surface area contributed by atoms with Crippen LogP contribution in [0.2, 0.25) is 0 Å². The van der Waals surface area contributed by atoms with Gasteiger partial charge in [0.2, 0.25) is 11.6 Å². The van der Waals surface area contributed by atoms with E-state index >= 15 is 0 Å². The summed E-state index contributed by atoms with van der Waals surface area (Å²) in [6.45, 7) is 1.81. The first-order valence-corrected chi connectivity index (χ1v) is 8.33. The molecule has 4 aromatic heterocycles. The van der Waals surface area contributed by atoms with Crippen molar-refractivity contribution >= 4 is 5.78 Å². The predicted octanol–water partition coefficient (Wildman–Crippen LogP) is 2.71. The molecule has 0 radical (unpaired) electrons. The fourth-order valence-electron chi connectivity index (χ4n) is 2.75. The molecule has 0 saturated carbocycles. The molecule has 0 spiro atoms. The van der Waals surface area contributed by atoms with Gasteiger partial charge in [0.15, 0.2) is 5.82 Å². The van der Waals surface area contributed by atoms with Crippen molar-refractivity contribution < 1.29 is 9.47 Å². The van der Waals surface area contributed by atoms with E-state index in [-0.39, 0.29) is 0 Å². The molecule has 0 unspecified atom stereocenters. The van der Waals surface area contributed by atoms with E-state index in [9.17, 15) is 0 Å². The fourth-order valence-corrected chi connectivity index (χ4v) is 2.75. The Labute approximate surface area is 155 Å². The van der Waals surface area contributed by atoms with Crippen molar-refractivity contribution in [3.8, 4) is 22.8 Å². The number of methoxy groups -OCH3 is 2. The quantitative estimate of drug-likeness (QED) is 0.504. The molecule has 0 fully saturated rings. The summed E-state index contributed by atoms with van der Waals surface area (Å²) < 4.78 is 12.7. The molecule has 0 aromatic carbocycles. The summed E-state index contributed by atoms with van der Waals surface area (Å²) in [7, 11) is 3.15. The summed E-state index contributed by atoms with van der Waals surface area (Å²) in [5.74, 6) is 0.227. The standard InChI is InChI=1S/C19H18N6O2/c1-19(26-2,27-3)16-7-11-25-15(12-22-18(25)24-16)14-6-10-21-17(23-14)13-4-8-20-9-5-13/h4-12H,1-3H3. The normalized spacial score (nSPS) is 11.8. The van der Waals surface area contributed by atoms with E-state index in [4.69, 9.17) is 9.47 Å². The Morgan fingerprint density at radius 2 is 1.70 bits per heavy atom. The molecule has 0 atom stereocenters. The van der Waals surface area contributed by atoms with E-state index in [0.29, 0.717) is 17.3 Å². The van der Waals surface area contributed by atoms with Gasteiger partial charge >= 0.3 is 0 Å². The van der Waals surface area contributed by atoms with Crippen molar-refractivity contribution in [2.24, 2.45) is 0 Å². The molecule has 8 nitrogen and oxygen atoms in total. The van der Waals surface area contributed by atoms with Gasteiger partial charge in [-0.2, -0.15) is 0 Å². The number of ether oxygens (including phenoxy) is 2. The van der Waals surface area contributed by atoms with Crippen molar-refractivity contribution in [1.82, 2.24) is 29.3 Å². The molecule has 0 aliphatic heterocycles. The molecular formula is C19H18N6O2. The minimum atomic E-state index is -0.933. The van der Waals surface area contributed by atoms with Gasteiger partial charge < -0.3 is 9.47 Å². The van der Waals surface area contributed by atoms with Gasteiger partial charge in [0.25, 0.3) is 0 Å². The molecule has 4 aromatic rings. The Balaban J connectivity index is 1.77. The lowest BCUT2D eigenvalue weighted by atomic mass is 10.2. The largest absolute Gasteiger partial charge is 0.348 e. The maximum absolute atomic E-state index is 5.43. The predicted molar refractivity (Wildman–Crippen MR) is 98.6 cm³/mol. The highest BCUT2D eigenvalue weighted by molar-refractivity contribution is 5.62. The Bertz CT molecular complexity index is 1080. The highest BCUT2D eigenvalue weighted by atomic mass is 16.7. The highest BCUT2D eigenvalue weighted by Crippen LogP contribution is 2.26. The van der Waals surface area contributed by atoms with Crippen molar-refractivity contribution in [1.29, 1.82) is 0 Å². The number of aromatic nitrogens is 6. The van der Waals surface area contributed by atoms with Gasteiger partial charge in [-0.05, 0) is 31.2 Å². The number of hydrogen-bond donors (Lipinski definition) is 0. The average Bonchev–Trinajstić information content (AvgIpc) is 3.17. The Kier molecular flexibility index (Phi) is 4.35. The first kappa shape index (κ1) is 17.2. The number of nitrogens with zero attached hydrogens (tertiary/aromatic N) is 6. The lowest BCUT2D eigenvalue weighted by molar-refractivity contribution is -0.204. The third kappa shape index (κ3) is 3.05. The zero-order valence-corrected chi connectivity index (χ0v) is 15.2. The van der Waals surface area contributed by atoms with Gasteiger partial charge in [0, 0.05) is 44.6 Å². The van der Waals surface area contributed by atoms with E-state index in [1.54, 1.807) is 45.9 Å². The first-order valence-electron chi connectivity index (χ1n) is 8.33. The molecule has 0 aliphatic rings. The minimum Gasteiger partial charge on any atom is -0.348 e. The van der Waals surface area contributed by atoms with Crippen LogP contribution in [-0.2, 0) is 15.3 Å². The smallest absolute Gasteiger partial charge is 0.234 e. The van der Waals surface area contributed by atoms with E-state index in [0.717, 1.165) is 17.0 Å². The summed E-state index contributed by atoms with van der Waals surface area (Å²) >= 11 is 0. The zero-order chi connectivity index (χ0) is 18.9. The zero-order valence-electron chi connectivity index (χ0n) is 15.2. The van der Waals surface area contributed by atoms with Crippen LogP contribution in [-0.4, -0.2) is 43.5 Å². The van der Waals surface area contributed by atoms with Gasteiger partial charge in [-0.25, -0.2) is 19.9 Å². The molecule has 0 saturated heterocycles. The number of fused-ring (bicyclic) bond motifs is 1. The molecule has 4 rings (SSSR count). The van der Waals surface area contributed by atoms with Crippen LogP contribution in [0.3, 0.4) is 0 Å². The van der Waals surface area contributed by atoms with Crippen molar-refractivity contribution in [2.75, 3.05) is 14.2 Å². The van der Waals surface area contributed by atoms with Crippen molar-refractivity contribution in [3.63, 3.8) is 0 Å². The van der Waals surface area contributed by atoms with Gasteiger partial charge in [0.05, 0.1) is 17.6 Å². The molecular weight excluding hydrogens is 344 g/mol. The van der Waals surface area contributed by atoms with Gasteiger partial charge in [-0.1, -0.05) is 0 Å². The van der Waals surface area contributed by atoms with Crippen LogP contribution < -0.4 is 0 Å². The lowest BCUT2D eigenvalue weighted by Gasteiger charge is -2.25. The second-order valence-electron chi connectivity index (χ2n) is 5.98. The summed E-state index contributed by atoms with van der Waals surface area (Å²) in [5, 5.41) is 0. The van der Waals surface area contributed by atoms with Crippen LogP contribution in [0, 0.1) is 0 Å². The van der Waals surface area contributed by atoms with E-state index in [1.807, 2.05) is 34.9 Å². The Hall–Kier alpha value is -3.23. The number of hydrogen-bond acceptors (Lipinski definition) is 7. The number of rotatable bonds is 5. The molecule has 27 heavy (non-hydrogen) atoms. The van der Waals surface area contributed by atoms with Crippen LogP contribution in [0.4, 0.5) is 0 Å². The van der Waals surface area contributed by atoms with Gasteiger partial charge in [-0.3, -0.25) is 9.38 Å². The second kappa shape index (κ2) is 6.82. The fraction of sp³-hybridized carbons (Fsp3) is 0.211. The first-order chi connectivity index (χ1) is 13.1. The summed E-state index contributed by atoms with van der Waals surface area (Å²) in [6, 6.07) is 7.43. The summed E-state index contributed by atoms with van der Waals surface area (Å²) in [5.41, 5.74) is 3.10. The lowest BCUT2D eigenvalue weighted by Crippen LogP contribution is -2.28. The van der Waals surface area contributed by atoms with Gasteiger partial charge in [-0.15, -0.1) is 0 Å². The summed E-state index contributed by atoms with van der Waals surface area (Å²) in [6.07, 6.45) is 8.78. The molecule has 0 N–H and O–H groups in total. The molecule has 4 heterocycles. The van der Waals surface area contributed by atoms with Crippen LogP contribution in [0.25, 0.3) is 28.6 Å². The topological polar surface area (TPSA) is 87.3 Å². The number of imidazole rings is 1. The monoisotopic (exact) mass is 362 g/mol. The second-order valence-corrected chi connectivity index (χ2v) is 5.98. The third-order valence-corrected chi connectivity index (χ3v) is 4.48. The van der Waals surface area contributed by atoms with Crippen LogP contribution in [0.5, 0.6) is 0 Å². The maximum Gasteiger partial charge on any atom is 0.234 e. The van der Waals surface area contributed by atoms with Crippen LogP contribution in [0.1, 0.15) is 12.6 Å². The highest BCUT2D eigenvalue weighted by Gasteiger charge is 2.28. The molecule has 0 bridgehead atoms. The molecule has 8 heteroatoms. The van der Waals surface area contributed by atoms with Crippen molar-refractivity contribution in [2.45, 2.75) is 12.7 Å².